The van der Waals surface area contributed by atoms with E-state index in [2.05, 4.69) is 25.0 Å². The molecular formula is C28H31ClFN7O4S. The van der Waals surface area contributed by atoms with Gasteiger partial charge in [0, 0.05) is 35.4 Å². The largest absolute Gasteiger partial charge is 0.444 e. The number of carbonyl (C=O) groups is 1. The first-order chi connectivity index (χ1) is 19.8. The minimum absolute atomic E-state index is 0.102. The third-order valence-corrected chi connectivity index (χ3v) is 8.29. The fraction of sp³-hybridized carbons (Fsp3) is 0.321. The molecule has 0 spiro atoms. The number of ether oxygens (including phenoxy) is 1. The van der Waals surface area contributed by atoms with Crippen LogP contribution in [0.5, 0.6) is 0 Å². The molecule has 11 nitrogen and oxygen atoms in total. The summed E-state index contributed by atoms with van der Waals surface area (Å²) in [6.45, 7) is 6.72. The lowest BCUT2D eigenvalue weighted by Gasteiger charge is -2.34. The van der Waals surface area contributed by atoms with Crippen LogP contribution in [0.15, 0.2) is 59.8 Å². The van der Waals surface area contributed by atoms with E-state index in [1.807, 2.05) is 26.8 Å². The lowest BCUT2D eigenvalue weighted by Crippen LogP contribution is -2.49. The molecule has 1 aliphatic heterocycles. The van der Waals surface area contributed by atoms with E-state index in [0.717, 1.165) is 42.8 Å². The number of amides is 1. The number of hydrogen-bond donors (Lipinski definition) is 3. The molecule has 1 atom stereocenters. The quantitative estimate of drug-likeness (QED) is 0.273. The van der Waals surface area contributed by atoms with Gasteiger partial charge in [-0.05, 0) is 70.0 Å². The predicted molar refractivity (Wildman–Crippen MR) is 160 cm³/mol. The highest BCUT2D eigenvalue weighted by molar-refractivity contribution is 7.92. The standard InChI is InChI=1S/C28H31ClFN7O4S/c1-28(2,3)41-27(38)34-20-5-4-12-36(15-20)23-14-22(37-25(23)26(31)32-16-33-37)17-6-9-19(10-7-17)35-42(39,40)24-13-18(29)8-11-21(24)30/h6-11,13-14,16,20,35H,4-5,12,15H2,1-3H3,(H,34,38)(H2,31,32,33)/t20-/m1/s1. The van der Waals surface area contributed by atoms with Crippen molar-refractivity contribution in [2.24, 2.45) is 0 Å². The van der Waals surface area contributed by atoms with Crippen molar-refractivity contribution >= 4 is 50.4 Å². The molecule has 0 unspecified atom stereocenters. The summed E-state index contributed by atoms with van der Waals surface area (Å²) >= 11 is 5.88. The number of aromatic nitrogens is 3. The van der Waals surface area contributed by atoms with Gasteiger partial charge in [-0.15, -0.1) is 0 Å². The van der Waals surface area contributed by atoms with Crippen molar-refractivity contribution in [1.29, 1.82) is 0 Å². The molecule has 3 heterocycles. The molecule has 4 N–H and O–H groups in total. The molecule has 2 aromatic carbocycles. The van der Waals surface area contributed by atoms with E-state index in [4.69, 9.17) is 22.1 Å². The second-order valence-corrected chi connectivity index (χ2v) is 13.1. The first-order valence-electron chi connectivity index (χ1n) is 13.3. The van der Waals surface area contributed by atoms with Crippen molar-refractivity contribution in [3.63, 3.8) is 0 Å². The summed E-state index contributed by atoms with van der Waals surface area (Å²) in [5, 5.41) is 7.49. The first-order valence-corrected chi connectivity index (χ1v) is 15.1. The fourth-order valence-electron chi connectivity index (χ4n) is 4.89. The Bertz CT molecular complexity index is 1740. The lowest BCUT2D eigenvalue weighted by molar-refractivity contribution is 0.0500. The Morgan fingerprint density at radius 2 is 1.90 bits per heavy atom. The highest BCUT2D eigenvalue weighted by Crippen LogP contribution is 2.35. The SMILES string of the molecule is CC(C)(C)OC(=O)N[C@@H]1CCCN(c2cc(-c3ccc(NS(=O)(=O)c4cc(Cl)ccc4F)cc3)n3ncnc(N)c23)C1. The Morgan fingerprint density at radius 1 is 1.17 bits per heavy atom. The molecule has 1 fully saturated rings. The number of piperidine rings is 1. The number of benzene rings is 2. The minimum Gasteiger partial charge on any atom is -0.444 e. The minimum atomic E-state index is -4.22. The van der Waals surface area contributed by atoms with Crippen LogP contribution in [-0.4, -0.2) is 53.8 Å². The first kappa shape index (κ1) is 29.4. The van der Waals surface area contributed by atoms with Gasteiger partial charge in [-0.25, -0.2) is 27.1 Å². The zero-order valence-corrected chi connectivity index (χ0v) is 24.8. The zero-order chi connectivity index (χ0) is 30.2. The van der Waals surface area contributed by atoms with E-state index >= 15 is 0 Å². The maximum absolute atomic E-state index is 14.2. The lowest BCUT2D eigenvalue weighted by atomic mass is 10.0. The maximum atomic E-state index is 14.2. The second-order valence-electron chi connectivity index (χ2n) is 11.0. The van der Waals surface area contributed by atoms with Crippen molar-refractivity contribution in [3.05, 3.63) is 65.7 Å². The van der Waals surface area contributed by atoms with Crippen molar-refractivity contribution in [2.45, 2.75) is 50.2 Å². The number of fused-ring (bicyclic) bond motifs is 1. The van der Waals surface area contributed by atoms with Crippen LogP contribution < -0.4 is 20.7 Å². The van der Waals surface area contributed by atoms with Crippen LogP contribution in [0, 0.1) is 5.82 Å². The molecule has 222 valence electrons. The number of nitrogens with one attached hydrogen (secondary N) is 2. The molecule has 1 saturated heterocycles. The average Bonchev–Trinajstić information content (AvgIpc) is 3.30. The number of anilines is 3. The van der Waals surface area contributed by atoms with Gasteiger partial charge in [-0.3, -0.25) is 4.72 Å². The van der Waals surface area contributed by atoms with Gasteiger partial charge in [0.25, 0.3) is 10.0 Å². The molecule has 14 heteroatoms. The monoisotopic (exact) mass is 615 g/mol. The maximum Gasteiger partial charge on any atom is 0.407 e. The third kappa shape index (κ3) is 6.36. The highest BCUT2D eigenvalue weighted by Gasteiger charge is 2.28. The van der Waals surface area contributed by atoms with Gasteiger partial charge in [0.2, 0.25) is 0 Å². The van der Waals surface area contributed by atoms with Gasteiger partial charge in [-0.1, -0.05) is 23.7 Å². The van der Waals surface area contributed by atoms with Gasteiger partial charge in [0.05, 0.1) is 11.4 Å². The van der Waals surface area contributed by atoms with Crippen LogP contribution in [0.3, 0.4) is 0 Å². The molecular weight excluding hydrogens is 585 g/mol. The van der Waals surface area contributed by atoms with Gasteiger partial charge < -0.3 is 20.7 Å². The van der Waals surface area contributed by atoms with E-state index in [9.17, 15) is 17.6 Å². The van der Waals surface area contributed by atoms with Gasteiger partial charge in [0.15, 0.2) is 5.82 Å². The summed E-state index contributed by atoms with van der Waals surface area (Å²) in [4.78, 5) is 18.2. The Labute approximate surface area is 247 Å². The smallest absolute Gasteiger partial charge is 0.407 e. The zero-order valence-electron chi connectivity index (χ0n) is 23.3. The molecule has 0 radical (unpaired) electrons. The summed E-state index contributed by atoms with van der Waals surface area (Å²) in [5.41, 5.74) is 8.80. The number of nitrogens with two attached hydrogens (primary N) is 1. The predicted octanol–water partition coefficient (Wildman–Crippen LogP) is 5.07. The molecule has 0 bridgehead atoms. The van der Waals surface area contributed by atoms with Gasteiger partial charge in [0.1, 0.15) is 28.2 Å². The number of hydrogen-bond acceptors (Lipinski definition) is 8. The van der Waals surface area contributed by atoms with Crippen LogP contribution >= 0.6 is 11.6 Å². The summed E-state index contributed by atoms with van der Waals surface area (Å²) in [7, 11) is -4.22. The summed E-state index contributed by atoms with van der Waals surface area (Å²) < 4.78 is 49.3. The number of sulfonamides is 1. The van der Waals surface area contributed by atoms with Crippen LogP contribution in [0.1, 0.15) is 33.6 Å². The van der Waals surface area contributed by atoms with Crippen molar-refractivity contribution in [1.82, 2.24) is 19.9 Å². The van der Waals surface area contributed by atoms with E-state index in [-0.39, 0.29) is 16.8 Å². The second kappa shape index (κ2) is 11.3. The van der Waals surface area contributed by atoms with Crippen molar-refractivity contribution < 1.29 is 22.3 Å². The molecule has 42 heavy (non-hydrogen) atoms. The number of carbonyl (C=O) groups excluding carboxylic acids is 1. The van der Waals surface area contributed by atoms with Gasteiger partial charge in [-0.2, -0.15) is 5.10 Å². The number of nitrogens with zero attached hydrogens (tertiary/aromatic N) is 4. The Kier molecular flexibility index (Phi) is 7.90. The van der Waals surface area contributed by atoms with Crippen LogP contribution in [0.25, 0.3) is 16.8 Å². The third-order valence-electron chi connectivity index (χ3n) is 6.66. The fourth-order valence-corrected chi connectivity index (χ4v) is 6.29. The van der Waals surface area contributed by atoms with Crippen molar-refractivity contribution in [3.8, 4) is 11.3 Å². The molecule has 4 aromatic rings. The molecule has 0 aliphatic carbocycles. The summed E-state index contributed by atoms with van der Waals surface area (Å²) in [6, 6.07) is 11.7. The average molecular weight is 616 g/mol. The van der Waals surface area contributed by atoms with Crippen LogP contribution in [0.4, 0.5) is 26.4 Å². The van der Waals surface area contributed by atoms with E-state index in [0.29, 0.717) is 23.6 Å². The Hall–Kier alpha value is -4.10. The topological polar surface area (TPSA) is 144 Å². The Balaban J connectivity index is 1.41. The van der Waals surface area contributed by atoms with Crippen LogP contribution in [0.2, 0.25) is 5.02 Å². The van der Waals surface area contributed by atoms with E-state index in [1.54, 1.807) is 28.8 Å². The number of halogens is 2. The molecule has 0 saturated carbocycles. The summed E-state index contributed by atoms with van der Waals surface area (Å²) in [5.74, 6) is -0.615. The number of alkyl carbamates (subject to hydrolysis) is 1. The van der Waals surface area contributed by atoms with E-state index < -0.39 is 32.4 Å². The van der Waals surface area contributed by atoms with Crippen LogP contribution in [-0.2, 0) is 14.8 Å². The highest BCUT2D eigenvalue weighted by atomic mass is 35.5. The van der Waals surface area contributed by atoms with E-state index in [1.165, 1.54) is 12.4 Å². The molecule has 1 amide bonds. The Morgan fingerprint density at radius 3 is 2.62 bits per heavy atom. The van der Waals surface area contributed by atoms with Gasteiger partial charge >= 0.3 is 6.09 Å². The number of nitrogen functional groups attached to an aromatic ring is 1. The molecule has 2 aromatic heterocycles. The molecule has 5 rings (SSSR count). The molecule has 1 aliphatic rings. The summed E-state index contributed by atoms with van der Waals surface area (Å²) in [6.07, 6.45) is 2.54. The normalized spacial score (nSPS) is 15.9. The number of rotatable bonds is 6. The van der Waals surface area contributed by atoms with Crippen molar-refractivity contribution in [2.75, 3.05) is 28.4 Å².